The van der Waals surface area contributed by atoms with E-state index in [1.54, 1.807) is 31.4 Å². The maximum absolute atomic E-state index is 12.5. The van der Waals surface area contributed by atoms with Crippen LogP contribution in [0.25, 0.3) is 5.95 Å². The average Bonchev–Trinajstić information content (AvgIpc) is 3.52. The van der Waals surface area contributed by atoms with Gasteiger partial charge in [-0.3, -0.25) is 14.6 Å². The fourth-order valence-corrected chi connectivity index (χ4v) is 3.09. The molecule has 1 aliphatic carbocycles. The van der Waals surface area contributed by atoms with E-state index in [0.29, 0.717) is 28.9 Å². The fraction of sp³-hybridized carbons (Fsp3) is 0.364. The Bertz CT molecular complexity index is 1130. The summed E-state index contributed by atoms with van der Waals surface area (Å²) in [4.78, 5) is 31.9. The predicted octanol–water partition coefficient (Wildman–Crippen LogP) is 2.98. The number of benzene rings is 1. The van der Waals surface area contributed by atoms with Gasteiger partial charge in [-0.25, -0.2) is 4.98 Å². The number of carbonyl (C=O) groups is 1. The van der Waals surface area contributed by atoms with Crippen LogP contribution in [0, 0.1) is 0 Å². The number of nitrogens with zero attached hydrogens (tertiary/aromatic N) is 3. The van der Waals surface area contributed by atoms with Gasteiger partial charge >= 0.3 is 0 Å². The summed E-state index contributed by atoms with van der Waals surface area (Å²) in [6, 6.07) is 10.3. The average molecular weight is 423 g/mol. The molecule has 0 bridgehead atoms. The van der Waals surface area contributed by atoms with Crippen molar-refractivity contribution in [3.05, 3.63) is 58.1 Å². The molecule has 0 unspecified atom stereocenters. The van der Waals surface area contributed by atoms with Gasteiger partial charge in [0.2, 0.25) is 5.95 Å². The minimum Gasteiger partial charge on any atom is -0.497 e. The molecule has 31 heavy (non-hydrogen) atoms. The van der Waals surface area contributed by atoms with Crippen molar-refractivity contribution in [2.75, 3.05) is 19.0 Å². The standard InChI is InChI=1S/C22H25N5O4/c1-13(2)17-11-20(28)25-22(23-17)27-19(10-18(26-27)14-4-5-14)24-21(29)12-31-16-8-6-15(30-3)7-9-16/h6-11,13-14H,4-5,12H2,1-3H3,(H,24,29)(H,23,25,28). The van der Waals surface area contributed by atoms with Gasteiger partial charge < -0.3 is 14.8 Å². The molecule has 0 atom stereocenters. The molecule has 1 aromatic carbocycles. The van der Waals surface area contributed by atoms with Crippen molar-refractivity contribution in [3.8, 4) is 17.4 Å². The number of aromatic nitrogens is 4. The van der Waals surface area contributed by atoms with E-state index in [1.165, 1.54) is 10.7 Å². The zero-order valence-corrected chi connectivity index (χ0v) is 17.7. The van der Waals surface area contributed by atoms with E-state index in [1.807, 2.05) is 19.9 Å². The van der Waals surface area contributed by atoms with Crippen molar-refractivity contribution >= 4 is 11.7 Å². The van der Waals surface area contributed by atoms with E-state index >= 15 is 0 Å². The van der Waals surface area contributed by atoms with Crippen molar-refractivity contribution in [1.29, 1.82) is 0 Å². The third-order valence-corrected chi connectivity index (χ3v) is 4.96. The van der Waals surface area contributed by atoms with Gasteiger partial charge in [0.05, 0.1) is 18.5 Å². The fourth-order valence-electron chi connectivity index (χ4n) is 3.09. The molecule has 9 nitrogen and oxygen atoms in total. The predicted molar refractivity (Wildman–Crippen MR) is 115 cm³/mol. The van der Waals surface area contributed by atoms with Crippen LogP contribution >= 0.6 is 0 Å². The van der Waals surface area contributed by atoms with Crippen LogP contribution in [0.15, 0.2) is 41.2 Å². The van der Waals surface area contributed by atoms with Crippen molar-refractivity contribution in [3.63, 3.8) is 0 Å². The van der Waals surface area contributed by atoms with Crippen molar-refractivity contribution < 1.29 is 14.3 Å². The first-order valence-electron chi connectivity index (χ1n) is 10.2. The Kier molecular flexibility index (Phi) is 5.75. The minimum absolute atomic E-state index is 0.0791. The monoisotopic (exact) mass is 423 g/mol. The summed E-state index contributed by atoms with van der Waals surface area (Å²) in [7, 11) is 1.58. The minimum atomic E-state index is -0.346. The van der Waals surface area contributed by atoms with Crippen LogP contribution in [0.2, 0.25) is 0 Å². The highest BCUT2D eigenvalue weighted by atomic mass is 16.5. The summed E-state index contributed by atoms with van der Waals surface area (Å²) < 4.78 is 12.1. The molecule has 162 valence electrons. The van der Waals surface area contributed by atoms with Gasteiger partial charge in [0.15, 0.2) is 6.61 Å². The highest BCUT2D eigenvalue weighted by Crippen LogP contribution is 2.40. The summed E-state index contributed by atoms with van der Waals surface area (Å²) in [6.45, 7) is 3.75. The molecule has 1 amide bonds. The summed E-state index contributed by atoms with van der Waals surface area (Å²) in [6.07, 6.45) is 2.11. The molecular formula is C22H25N5O4. The molecule has 0 radical (unpaired) electrons. The Morgan fingerprint density at radius 1 is 1.23 bits per heavy atom. The van der Waals surface area contributed by atoms with Crippen LogP contribution in [0.4, 0.5) is 5.82 Å². The topological polar surface area (TPSA) is 111 Å². The highest BCUT2D eigenvalue weighted by molar-refractivity contribution is 5.91. The molecule has 4 rings (SSSR count). The molecule has 1 saturated carbocycles. The van der Waals surface area contributed by atoms with Crippen LogP contribution in [0.3, 0.4) is 0 Å². The van der Waals surface area contributed by atoms with Crippen LogP contribution in [0.1, 0.15) is 49.9 Å². The van der Waals surface area contributed by atoms with Gasteiger partial charge in [-0.1, -0.05) is 13.8 Å². The molecular weight excluding hydrogens is 398 g/mol. The van der Waals surface area contributed by atoms with Crippen molar-refractivity contribution in [1.82, 2.24) is 19.7 Å². The SMILES string of the molecule is COc1ccc(OCC(=O)Nc2cc(C3CC3)nn2-c2nc(C(C)C)cc(=O)[nH]2)cc1. The second kappa shape index (κ2) is 8.63. The number of amides is 1. The highest BCUT2D eigenvalue weighted by Gasteiger charge is 2.28. The number of nitrogens with one attached hydrogen (secondary N) is 2. The smallest absolute Gasteiger partial charge is 0.263 e. The molecule has 2 N–H and O–H groups in total. The van der Waals surface area contributed by atoms with E-state index < -0.39 is 0 Å². The van der Waals surface area contributed by atoms with E-state index in [2.05, 4.69) is 20.4 Å². The maximum atomic E-state index is 12.5. The normalized spacial score (nSPS) is 13.3. The Hall–Kier alpha value is -3.62. The Morgan fingerprint density at radius 2 is 1.94 bits per heavy atom. The number of rotatable bonds is 8. The first kappa shape index (κ1) is 20.6. The lowest BCUT2D eigenvalue weighted by molar-refractivity contribution is -0.118. The van der Waals surface area contributed by atoms with Gasteiger partial charge in [0.1, 0.15) is 17.3 Å². The van der Waals surface area contributed by atoms with Crippen LogP contribution in [-0.4, -0.2) is 39.4 Å². The zero-order valence-electron chi connectivity index (χ0n) is 17.7. The second-order valence-corrected chi connectivity index (χ2v) is 7.80. The maximum Gasteiger partial charge on any atom is 0.263 e. The van der Waals surface area contributed by atoms with E-state index in [4.69, 9.17) is 9.47 Å². The van der Waals surface area contributed by atoms with Crippen molar-refractivity contribution in [2.24, 2.45) is 0 Å². The quantitative estimate of drug-likeness (QED) is 0.576. The first-order chi connectivity index (χ1) is 14.9. The molecule has 0 saturated heterocycles. The molecule has 1 aliphatic rings. The molecule has 2 heterocycles. The molecule has 0 spiro atoms. The van der Waals surface area contributed by atoms with Crippen LogP contribution < -0.4 is 20.3 Å². The lowest BCUT2D eigenvalue weighted by atomic mass is 10.1. The Balaban J connectivity index is 1.54. The number of H-pyrrole nitrogens is 1. The number of anilines is 1. The Labute approximate surface area is 179 Å². The summed E-state index contributed by atoms with van der Waals surface area (Å²) >= 11 is 0. The molecule has 1 fully saturated rings. The van der Waals surface area contributed by atoms with Crippen LogP contribution in [-0.2, 0) is 4.79 Å². The van der Waals surface area contributed by atoms with E-state index in [0.717, 1.165) is 18.5 Å². The third kappa shape index (κ3) is 4.93. The first-order valence-corrected chi connectivity index (χ1v) is 10.2. The zero-order chi connectivity index (χ0) is 22.0. The number of methoxy groups -OCH3 is 1. The number of hydrogen-bond acceptors (Lipinski definition) is 6. The van der Waals surface area contributed by atoms with Crippen LogP contribution in [0.5, 0.6) is 11.5 Å². The number of hydrogen-bond donors (Lipinski definition) is 2. The summed E-state index contributed by atoms with van der Waals surface area (Å²) in [5, 5.41) is 7.41. The molecule has 3 aromatic rings. The molecule has 9 heteroatoms. The number of aromatic amines is 1. The van der Waals surface area contributed by atoms with Gasteiger partial charge in [0.25, 0.3) is 11.5 Å². The van der Waals surface area contributed by atoms with Gasteiger partial charge in [-0.2, -0.15) is 9.78 Å². The summed E-state index contributed by atoms with van der Waals surface area (Å²) in [5.41, 5.74) is 1.25. The van der Waals surface area contributed by atoms with Gasteiger partial charge in [-0.05, 0) is 43.0 Å². The van der Waals surface area contributed by atoms with E-state index in [9.17, 15) is 9.59 Å². The third-order valence-electron chi connectivity index (χ3n) is 4.96. The molecule has 0 aliphatic heterocycles. The summed E-state index contributed by atoms with van der Waals surface area (Å²) in [5.74, 6) is 2.07. The number of carbonyl (C=O) groups excluding carboxylic acids is 1. The lowest BCUT2D eigenvalue weighted by Gasteiger charge is -2.11. The Morgan fingerprint density at radius 3 is 2.58 bits per heavy atom. The molecule has 2 aromatic heterocycles. The number of ether oxygens (including phenoxy) is 2. The van der Waals surface area contributed by atoms with E-state index in [-0.39, 0.29) is 29.9 Å². The second-order valence-electron chi connectivity index (χ2n) is 7.80. The van der Waals surface area contributed by atoms with Gasteiger partial charge in [-0.15, -0.1) is 0 Å². The van der Waals surface area contributed by atoms with Crippen molar-refractivity contribution in [2.45, 2.75) is 38.5 Å². The lowest BCUT2D eigenvalue weighted by Crippen LogP contribution is -2.23. The largest absolute Gasteiger partial charge is 0.497 e. The van der Waals surface area contributed by atoms with Gasteiger partial charge in [0, 0.05) is 18.1 Å².